The van der Waals surface area contributed by atoms with Gasteiger partial charge in [-0.25, -0.2) is 0 Å². The van der Waals surface area contributed by atoms with E-state index in [9.17, 15) is 4.79 Å². The Hall–Kier alpha value is -3.35. The van der Waals surface area contributed by atoms with E-state index in [1.54, 1.807) is 19.1 Å². The number of ether oxygens (including phenoxy) is 2. The molecule has 1 heterocycles. The summed E-state index contributed by atoms with van der Waals surface area (Å²) in [6, 6.07) is 13.3. The molecule has 0 fully saturated rings. The van der Waals surface area contributed by atoms with Gasteiger partial charge in [-0.2, -0.15) is 4.98 Å². The summed E-state index contributed by atoms with van der Waals surface area (Å²) in [4.78, 5) is 18.9. The van der Waals surface area contributed by atoms with Crippen LogP contribution in [0.5, 0.6) is 11.5 Å². The third-order valence-corrected chi connectivity index (χ3v) is 4.82. The van der Waals surface area contributed by atoms with Crippen LogP contribution in [0.4, 0.5) is 0 Å². The van der Waals surface area contributed by atoms with Crippen LogP contribution in [0.15, 0.2) is 47.0 Å². The quantitative estimate of drug-likeness (QED) is 0.555. The first kappa shape index (κ1) is 21.4. The lowest BCUT2D eigenvalue weighted by atomic mass is 10.1. The van der Waals surface area contributed by atoms with E-state index in [1.807, 2.05) is 63.2 Å². The molecule has 0 aliphatic heterocycles. The fourth-order valence-corrected chi connectivity index (χ4v) is 3.00. The molecule has 0 aliphatic rings. The van der Waals surface area contributed by atoms with Crippen molar-refractivity contribution in [2.24, 2.45) is 0 Å². The van der Waals surface area contributed by atoms with E-state index in [1.165, 1.54) is 0 Å². The highest BCUT2D eigenvalue weighted by atomic mass is 16.5. The van der Waals surface area contributed by atoms with Crippen LogP contribution >= 0.6 is 0 Å². The number of methoxy groups -OCH3 is 1. The maximum Gasteiger partial charge on any atom is 0.263 e. The van der Waals surface area contributed by atoms with Crippen molar-refractivity contribution in [3.8, 4) is 22.9 Å². The van der Waals surface area contributed by atoms with Crippen molar-refractivity contribution in [3.05, 3.63) is 59.5 Å². The van der Waals surface area contributed by atoms with E-state index in [2.05, 4.69) is 10.1 Å². The molecule has 0 saturated heterocycles. The average molecular weight is 409 g/mol. The van der Waals surface area contributed by atoms with Crippen molar-refractivity contribution < 1.29 is 18.8 Å². The Balaban J connectivity index is 1.66. The summed E-state index contributed by atoms with van der Waals surface area (Å²) < 4.78 is 16.5. The van der Waals surface area contributed by atoms with Gasteiger partial charge in [0.2, 0.25) is 11.7 Å². The molecule has 0 saturated carbocycles. The molecule has 1 aromatic heterocycles. The van der Waals surface area contributed by atoms with Crippen molar-refractivity contribution in [2.75, 3.05) is 14.2 Å². The van der Waals surface area contributed by atoms with Crippen molar-refractivity contribution in [3.63, 3.8) is 0 Å². The highest BCUT2D eigenvalue weighted by Gasteiger charge is 2.24. The Kier molecular flexibility index (Phi) is 6.72. The second kappa shape index (κ2) is 9.43. The Bertz CT molecular complexity index is 998. The number of benzene rings is 2. The van der Waals surface area contributed by atoms with Crippen molar-refractivity contribution in [1.82, 2.24) is 15.0 Å². The van der Waals surface area contributed by atoms with Crippen LogP contribution in [0.1, 0.15) is 30.4 Å². The molecule has 158 valence electrons. The maximum atomic E-state index is 12.9. The van der Waals surface area contributed by atoms with Crippen LogP contribution in [-0.2, 0) is 11.3 Å². The molecule has 0 radical (unpaired) electrons. The van der Waals surface area contributed by atoms with Gasteiger partial charge in [0.1, 0.15) is 11.5 Å². The number of rotatable bonds is 8. The summed E-state index contributed by atoms with van der Waals surface area (Å²) in [6.45, 7) is 6.09. The molecule has 7 heteroatoms. The molecule has 2 aromatic carbocycles. The first-order valence-electron chi connectivity index (χ1n) is 9.87. The second-order valence-electron chi connectivity index (χ2n) is 7.22. The standard InChI is InChI=1S/C23H27N3O4/c1-6-19(29-20-13-15(2)7-8-16(20)3)23(27)26(4)14-21-24-22(25-30-21)17-9-11-18(28-5)12-10-17/h7-13,19H,6,14H2,1-5H3/t19-/m1/s1. The fraction of sp³-hybridized carbons (Fsp3) is 0.348. The van der Waals surface area contributed by atoms with Crippen LogP contribution < -0.4 is 9.47 Å². The average Bonchev–Trinajstić information content (AvgIpc) is 3.22. The number of aryl methyl sites for hydroxylation is 2. The number of hydrogen-bond donors (Lipinski definition) is 0. The number of hydrogen-bond acceptors (Lipinski definition) is 6. The Morgan fingerprint density at radius 1 is 1.17 bits per heavy atom. The number of carbonyl (C=O) groups is 1. The second-order valence-corrected chi connectivity index (χ2v) is 7.22. The minimum absolute atomic E-state index is 0.136. The van der Waals surface area contributed by atoms with Gasteiger partial charge in [0.15, 0.2) is 6.10 Å². The lowest BCUT2D eigenvalue weighted by Gasteiger charge is -2.23. The third-order valence-electron chi connectivity index (χ3n) is 4.82. The Morgan fingerprint density at radius 3 is 2.57 bits per heavy atom. The van der Waals surface area contributed by atoms with Crippen molar-refractivity contribution in [1.29, 1.82) is 0 Å². The van der Waals surface area contributed by atoms with Gasteiger partial charge in [0, 0.05) is 12.6 Å². The zero-order valence-corrected chi connectivity index (χ0v) is 18.0. The van der Waals surface area contributed by atoms with E-state index in [4.69, 9.17) is 14.0 Å². The number of aromatic nitrogens is 2. The lowest BCUT2D eigenvalue weighted by molar-refractivity contribution is -0.138. The van der Waals surface area contributed by atoms with Crippen LogP contribution in [0.3, 0.4) is 0 Å². The summed E-state index contributed by atoms with van der Waals surface area (Å²) in [7, 11) is 3.32. The molecular formula is C23H27N3O4. The molecule has 30 heavy (non-hydrogen) atoms. The molecule has 3 rings (SSSR count). The topological polar surface area (TPSA) is 77.7 Å². The van der Waals surface area contributed by atoms with E-state index in [0.29, 0.717) is 18.1 Å². The lowest BCUT2D eigenvalue weighted by Crippen LogP contribution is -2.39. The molecular weight excluding hydrogens is 382 g/mol. The number of amides is 1. The fourth-order valence-electron chi connectivity index (χ4n) is 3.00. The highest BCUT2D eigenvalue weighted by molar-refractivity contribution is 5.81. The van der Waals surface area contributed by atoms with Crippen LogP contribution in [-0.4, -0.2) is 41.2 Å². The van der Waals surface area contributed by atoms with E-state index < -0.39 is 6.10 Å². The van der Waals surface area contributed by atoms with Gasteiger partial charge < -0.3 is 18.9 Å². The van der Waals surface area contributed by atoms with Crippen LogP contribution in [0, 0.1) is 13.8 Å². The van der Waals surface area contributed by atoms with E-state index >= 15 is 0 Å². The van der Waals surface area contributed by atoms with Gasteiger partial charge in [-0.1, -0.05) is 24.2 Å². The van der Waals surface area contributed by atoms with Crippen LogP contribution in [0.25, 0.3) is 11.4 Å². The maximum absolute atomic E-state index is 12.9. The van der Waals surface area contributed by atoms with Gasteiger partial charge >= 0.3 is 0 Å². The minimum Gasteiger partial charge on any atom is -0.497 e. The number of carbonyl (C=O) groups excluding carboxylic acids is 1. The van der Waals surface area contributed by atoms with Gasteiger partial charge in [0.25, 0.3) is 5.91 Å². The van der Waals surface area contributed by atoms with Crippen molar-refractivity contribution >= 4 is 5.91 Å². The van der Waals surface area contributed by atoms with Crippen LogP contribution in [0.2, 0.25) is 0 Å². The normalized spacial score (nSPS) is 11.8. The SMILES string of the molecule is CC[C@@H](Oc1cc(C)ccc1C)C(=O)N(C)Cc1nc(-c2ccc(OC)cc2)no1. The first-order valence-corrected chi connectivity index (χ1v) is 9.87. The highest BCUT2D eigenvalue weighted by Crippen LogP contribution is 2.23. The molecule has 0 unspecified atom stereocenters. The third kappa shape index (κ3) is 4.97. The molecule has 0 aliphatic carbocycles. The monoisotopic (exact) mass is 409 g/mol. The predicted molar refractivity (Wildman–Crippen MR) is 113 cm³/mol. The van der Waals surface area contributed by atoms with Crippen molar-refractivity contribution in [2.45, 2.75) is 39.8 Å². The van der Waals surface area contributed by atoms with Gasteiger partial charge in [-0.15, -0.1) is 0 Å². The smallest absolute Gasteiger partial charge is 0.263 e. The molecule has 3 aromatic rings. The Labute approximate surface area is 176 Å². The molecule has 0 spiro atoms. The van der Waals surface area contributed by atoms with Gasteiger partial charge in [0.05, 0.1) is 13.7 Å². The zero-order valence-electron chi connectivity index (χ0n) is 18.0. The molecule has 0 bridgehead atoms. The Morgan fingerprint density at radius 2 is 1.90 bits per heavy atom. The zero-order chi connectivity index (χ0) is 21.7. The van der Waals surface area contributed by atoms with Gasteiger partial charge in [-0.3, -0.25) is 4.79 Å². The molecule has 1 amide bonds. The minimum atomic E-state index is -0.584. The molecule has 0 N–H and O–H groups in total. The summed E-state index contributed by atoms with van der Waals surface area (Å²) in [5.74, 6) is 2.17. The largest absolute Gasteiger partial charge is 0.497 e. The molecule has 1 atom stereocenters. The van der Waals surface area contributed by atoms with Gasteiger partial charge in [-0.05, 0) is 61.7 Å². The first-order chi connectivity index (χ1) is 14.4. The number of nitrogens with zero attached hydrogens (tertiary/aromatic N) is 3. The summed E-state index contributed by atoms with van der Waals surface area (Å²) >= 11 is 0. The number of likely N-dealkylation sites (N-methyl/N-ethyl adjacent to an activating group) is 1. The van der Waals surface area contributed by atoms with E-state index in [-0.39, 0.29) is 12.5 Å². The molecule has 7 nitrogen and oxygen atoms in total. The van der Waals surface area contributed by atoms with E-state index in [0.717, 1.165) is 28.2 Å². The predicted octanol–water partition coefficient (Wildman–Crippen LogP) is 4.18. The summed E-state index contributed by atoms with van der Waals surface area (Å²) in [5, 5.41) is 4.01. The summed E-state index contributed by atoms with van der Waals surface area (Å²) in [5.41, 5.74) is 2.89. The summed E-state index contributed by atoms with van der Waals surface area (Å²) in [6.07, 6.45) is -0.0308.